The highest BCUT2D eigenvalue weighted by Crippen LogP contribution is 2.38. The first-order valence-corrected chi connectivity index (χ1v) is 7.38. The molecule has 1 aromatic carbocycles. The van der Waals surface area contributed by atoms with Crippen LogP contribution in [0.15, 0.2) is 33.2 Å². The molecule has 1 heterocycles. The van der Waals surface area contributed by atoms with Crippen LogP contribution in [0.2, 0.25) is 0 Å². The average Bonchev–Trinajstić information content (AvgIpc) is 2.83. The molecule has 0 aliphatic rings. The van der Waals surface area contributed by atoms with Crippen molar-refractivity contribution < 1.29 is 44.3 Å². The Morgan fingerprint density at radius 3 is 1.87 bits per heavy atom. The summed E-state index contributed by atoms with van der Waals surface area (Å²) in [6.45, 7) is 0. The summed E-state index contributed by atoms with van der Waals surface area (Å²) in [4.78, 5) is 22.8. The molecule has 1 aromatic heterocycles. The van der Waals surface area contributed by atoms with E-state index < -0.39 is 58.3 Å². The lowest BCUT2D eigenvalue weighted by Crippen LogP contribution is -2.30. The van der Waals surface area contributed by atoms with Gasteiger partial charge >= 0.3 is 24.4 Å². The first kappa shape index (κ1) is 23.0. The van der Waals surface area contributed by atoms with Gasteiger partial charge in [0, 0.05) is 7.05 Å². The van der Waals surface area contributed by atoms with Crippen LogP contribution in [0.5, 0.6) is 0 Å². The van der Waals surface area contributed by atoms with Gasteiger partial charge in [0.2, 0.25) is 0 Å². The number of aromatic amines is 1. The number of nitrogens with zero attached hydrogens (tertiary/aromatic N) is 3. The number of amides is 1. The largest absolute Gasteiger partial charge is 0.471 e. The van der Waals surface area contributed by atoms with Gasteiger partial charge in [-0.2, -0.15) is 44.6 Å². The SMILES string of the molecule is Cn1[nH]c(=O)c(N=Nc2cc(C(F)(F)F)cc(C(F)(F)F)c2)c1NC(=O)C(F)(F)F. The third-order valence-corrected chi connectivity index (χ3v) is 3.37. The zero-order valence-corrected chi connectivity index (χ0v) is 14.3. The van der Waals surface area contributed by atoms with Crippen LogP contribution in [0.3, 0.4) is 0 Å². The molecule has 2 aromatic rings. The molecule has 0 fully saturated rings. The Kier molecular flexibility index (Phi) is 5.73. The molecule has 0 saturated heterocycles. The van der Waals surface area contributed by atoms with Crippen molar-refractivity contribution in [1.82, 2.24) is 9.78 Å². The molecule has 0 unspecified atom stereocenters. The van der Waals surface area contributed by atoms with Gasteiger partial charge in [-0.05, 0) is 18.2 Å². The fourth-order valence-corrected chi connectivity index (χ4v) is 2.05. The van der Waals surface area contributed by atoms with E-state index in [4.69, 9.17) is 0 Å². The molecule has 164 valence electrons. The van der Waals surface area contributed by atoms with Crippen LogP contribution >= 0.6 is 0 Å². The Labute approximate surface area is 159 Å². The fraction of sp³-hybridized carbons (Fsp3) is 0.286. The number of azo groups is 1. The molecule has 30 heavy (non-hydrogen) atoms. The van der Waals surface area contributed by atoms with E-state index in [2.05, 4.69) is 10.2 Å². The monoisotopic (exact) mass is 449 g/mol. The molecule has 16 heteroatoms. The number of anilines is 1. The Balaban J connectivity index is 2.53. The van der Waals surface area contributed by atoms with Gasteiger partial charge in [-0.3, -0.25) is 19.4 Å². The van der Waals surface area contributed by atoms with Gasteiger partial charge in [-0.25, -0.2) is 0 Å². The molecule has 0 radical (unpaired) electrons. The molecule has 0 atom stereocenters. The zero-order valence-electron chi connectivity index (χ0n) is 14.3. The summed E-state index contributed by atoms with van der Waals surface area (Å²) in [6, 6.07) is 0.191. The molecule has 0 aliphatic carbocycles. The maximum atomic E-state index is 12.8. The van der Waals surface area contributed by atoms with E-state index in [-0.39, 0.29) is 18.2 Å². The second-order valence-corrected chi connectivity index (χ2v) is 5.61. The van der Waals surface area contributed by atoms with Crippen molar-refractivity contribution in [3.05, 3.63) is 39.7 Å². The minimum Gasteiger partial charge on any atom is -0.301 e. The summed E-state index contributed by atoms with van der Waals surface area (Å²) in [6.07, 6.45) is -15.7. The second kappa shape index (κ2) is 7.49. The van der Waals surface area contributed by atoms with E-state index in [1.54, 1.807) is 0 Å². The van der Waals surface area contributed by atoms with E-state index in [0.29, 0.717) is 4.68 Å². The van der Waals surface area contributed by atoms with Crippen molar-refractivity contribution in [1.29, 1.82) is 0 Å². The predicted molar refractivity (Wildman–Crippen MR) is 81.3 cm³/mol. The molecular weight excluding hydrogens is 441 g/mol. The zero-order chi connectivity index (χ0) is 23.1. The normalized spacial score (nSPS) is 13.1. The van der Waals surface area contributed by atoms with E-state index in [9.17, 15) is 49.1 Å². The van der Waals surface area contributed by atoms with Crippen molar-refractivity contribution in [2.75, 3.05) is 5.32 Å². The van der Waals surface area contributed by atoms with Crippen molar-refractivity contribution in [3.8, 4) is 0 Å². The Morgan fingerprint density at radius 1 is 0.933 bits per heavy atom. The van der Waals surface area contributed by atoms with E-state index in [0.717, 1.165) is 7.05 Å². The number of hydrogen-bond acceptors (Lipinski definition) is 4. The van der Waals surface area contributed by atoms with Crippen molar-refractivity contribution >= 4 is 23.1 Å². The van der Waals surface area contributed by atoms with Gasteiger partial charge in [-0.15, -0.1) is 5.11 Å². The Bertz CT molecular complexity index is 1010. The van der Waals surface area contributed by atoms with Gasteiger partial charge in [0.05, 0.1) is 16.8 Å². The molecule has 0 spiro atoms. The maximum absolute atomic E-state index is 12.8. The van der Waals surface area contributed by atoms with Gasteiger partial charge < -0.3 is 5.32 Å². The van der Waals surface area contributed by atoms with Gasteiger partial charge in [0.15, 0.2) is 11.5 Å². The number of hydrogen-bond donors (Lipinski definition) is 2. The number of carbonyl (C=O) groups excluding carboxylic acids is 1. The molecule has 0 aliphatic heterocycles. The third-order valence-electron chi connectivity index (χ3n) is 3.37. The average molecular weight is 449 g/mol. The highest BCUT2D eigenvalue weighted by atomic mass is 19.4. The summed E-state index contributed by atoms with van der Waals surface area (Å²) < 4.78 is 115. The van der Waals surface area contributed by atoms with Crippen molar-refractivity contribution in [3.63, 3.8) is 0 Å². The number of aromatic nitrogens is 2. The number of benzene rings is 1. The molecule has 0 bridgehead atoms. The minimum absolute atomic E-state index is 0.177. The maximum Gasteiger partial charge on any atom is 0.471 e. The molecule has 0 saturated carbocycles. The standard InChI is InChI=1S/C14H8F9N5O2/c1-28-9(24-11(30)14(21,22)23)8(10(29)27-28)26-25-7-3-5(12(15,16)17)2-6(4-7)13(18,19)20/h2-4H,1H3,(H,24,30)(H,27,29). The van der Waals surface area contributed by atoms with E-state index in [1.807, 2.05) is 5.10 Å². The number of rotatable bonds is 3. The van der Waals surface area contributed by atoms with Crippen LogP contribution < -0.4 is 10.9 Å². The van der Waals surface area contributed by atoms with Crippen LogP contribution in [-0.4, -0.2) is 21.9 Å². The third kappa shape index (κ3) is 5.18. The van der Waals surface area contributed by atoms with E-state index >= 15 is 0 Å². The van der Waals surface area contributed by atoms with Crippen LogP contribution in [-0.2, 0) is 24.2 Å². The quantitative estimate of drug-likeness (QED) is 0.527. The lowest BCUT2D eigenvalue weighted by molar-refractivity contribution is -0.167. The Morgan fingerprint density at radius 2 is 1.43 bits per heavy atom. The summed E-state index contributed by atoms with van der Waals surface area (Å²) in [7, 11) is 0.985. The highest BCUT2D eigenvalue weighted by molar-refractivity contribution is 5.96. The van der Waals surface area contributed by atoms with Crippen LogP contribution in [0.1, 0.15) is 11.1 Å². The number of aryl methyl sites for hydroxylation is 1. The van der Waals surface area contributed by atoms with Crippen molar-refractivity contribution in [2.45, 2.75) is 18.5 Å². The van der Waals surface area contributed by atoms with E-state index in [1.165, 1.54) is 5.32 Å². The Hall–Kier alpha value is -3.33. The van der Waals surface area contributed by atoms with Crippen LogP contribution in [0, 0.1) is 0 Å². The molecule has 2 rings (SSSR count). The smallest absolute Gasteiger partial charge is 0.301 e. The number of H-pyrrole nitrogens is 1. The van der Waals surface area contributed by atoms with Gasteiger partial charge in [0.1, 0.15) is 0 Å². The lowest BCUT2D eigenvalue weighted by atomic mass is 10.1. The topological polar surface area (TPSA) is 91.6 Å². The molecule has 1 amide bonds. The summed E-state index contributed by atoms with van der Waals surface area (Å²) in [5, 5.41) is 9.42. The molecular formula is C14H8F9N5O2. The summed E-state index contributed by atoms with van der Waals surface area (Å²) in [5.41, 5.74) is -6.64. The summed E-state index contributed by atoms with van der Waals surface area (Å²) in [5.74, 6) is -3.37. The molecule has 7 nitrogen and oxygen atoms in total. The van der Waals surface area contributed by atoms with Crippen LogP contribution in [0.25, 0.3) is 0 Å². The first-order valence-electron chi connectivity index (χ1n) is 7.38. The minimum atomic E-state index is -5.36. The number of nitrogens with one attached hydrogen (secondary N) is 2. The van der Waals surface area contributed by atoms with Gasteiger partial charge in [-0.1, -0.05) is 0 Å². The summed E-state index contributed by atoms with van der Waals surface area (Å²) >= 11 is 0. The molecule has 2 N–H and O–H groups in total. The number of halogens is 9. The van der Waals surface area contributed by atoms with Crippen molar-refractivity contribution in [2.24, 2.45) is 17.3 Å². The number of alkyl halides is 9. The predicted octanol–water partition coefficient (Wildman–Crippen LogP) is 4.67. The van der Waals surface area contributed by atoms with Crippen LogP contribution in [0.4, 0.5) is 56.7 Å². The highest BCUT2D eigenvalue weighted by Gasteiger charge is 2.40. The fourth-order valence-electron chi connectivity index (χ4n) is 2.05. The van der Waals surface area contributed by atoms with Gasteiger partial charge in [0.25, 0.3) is 5.56 Å². The lowest BCUT2D eigenvalue weighted by Gasteiger charge is -2.12. The second-order valence-electron chi connectivity index (χ2n) is 5.61. The number of carbonyl (C=O) groups is 1. The first-order chi connectivity index (χ1) is 13.5.